The molecule has 3 aromatic carbocycles. The largest absolute Gasteiger partial charge is 0.422 e. The van der Waals surface area contributed by atoms with Gasteiger partial charge in [0.05, 0.1) is 16.3 Å². The Morgan fingerprint density at radius 1 is 1.03 bits per heavy atom. The maximum absolute atomic E-state index is 14.3. The molecule has 7 nitrogen and oxygen atoms in total. The summed E-state index contributed by atoms with van der Waals surface area (Å²) in [5, 5.41) is 2.41. The summed E-state index contributed by atoms with van der Waals surface area (Å²) in [5.41, 5.74) is -0.612. The van der Waals surface area contributed by atoms with Gasteiger partial charge >= 0.3 is 12.0 Å². The van der Waals surface area contributed by atoms with Crippen LogP contribution in [0.4, 0.5) is 14.9 Å². The minimum atomic E-state index is -1.10. The van der Waals surface area contributed by atoms with Crippen LogP contribution in [0.3, 0.4) is 0 Å². The molecule has 0 saturated carbocycles. The van der Waals surface area contributed by atoms with Gasteiger partial charge in [-0.2, -0.15) is 0 Å². The summed E-state index contributed by atoms with van der Waals surface area (Å²) in [5.74, 6) is -3.70. The highest BCUT2D eigenvalue weighted by molar-refractivity contribution is 9.10. The number of amides is 4. The molecule has 1 aliphatic heterocycles. The highest BCUT2D eigenvalue weighted by atomic mass is 79.9. The van der Waals surface area contributed by atoms with Crippen molar-refractivity contribution in [1.82, 2.24) is 5.32 Å². The monoisotopic (exact) mass is 576 g/mol. The van der Waals surface area contributed by atoms with E-state index >= 15 is 0 Å². The zero-order valence-corrected chi connectivity index (χ0v) is 20.4. The number of imide groups is 2. The molecular formula is C24H12BrCl2FN2O5. The van der Waals surface area contributed by atoms with Crippen molar-refractivity contribution >= 4 is 74.7 Å². The van der Waals surface area contributed by atoms with E-state index in [0.29, 0.717) is 14.4 Å². The summed E-state index contributed by atoms with van der Waals surface area (Å²) in [6.07, 6.45) is 1.13. The summed E-state index contributed by atoms with van der Waals surface area (Å²) in [4.78, 5) is 51.1. The highest BCUT2D eigenvalue weighted by Crippen LogP contribution is 2.30. The quantitative estimate of drug-likeness (QED) is 0.184. The van der Waals surface area contributed by atoms with E-state index in [1.165, 1.54) is 48.5 Å². The van der Waals surface area contributed by atoms with E-state index in [1.54, 1.807) is 6.07 Å². The van der Waals surface area contributed by atoms with Crippen LogP contribution in [0.5, 0.6) is 5.75 Å². The molecule has 1 heterocycles. The Kier molecular flexibility index (Phi) is 7.02. The van der Waals surface area contributed by atoms with Crippen molar-refractivity contribution in [2.75, 3.05) is 4.90 Å². The zero-order chi connectivity index (χ0) is 25.3. The fourth-order valence-electron chi connectivity index (χ4n) is 3.20. The van der Waals surface area contributed by atoms with Gasteiger partial charge in [-0.05, 0) is 54.6 Å². The summed E-state index contributed by atoms with van der Waals surface area (Å²) in [7, 11) is 0. The summed E-state index contributed by atoms with van der Waals surface area (Å²) >= 11 is 15.2. The molecular weight excluding hydrogens is 566 g/mol. The van der Waals surface area contributed by atoms with Crippen molar-refractivity contribution in [3.63, 3.8) is 0 Å². The number of esters is 1. The molecule has 3 aromatic rings. The van der Waals surface area contributed by atoms with Gasteiger partial charge in [0.25, 0.3) is 11.8 Å². The van der Waals surface area contributed by atoms with Crippen molar-refractivity contribution in [2.24, 2.45) is 0 Å². The van der Waals surface area contributed by atoms with Crippen LogP contribution in [0.25, 0.3) is 6.08 Å². The van der Waals surface area contributed by atoms with Gasteiger partial charge in [-0.15, -0.1) is 0 Å². The van der Waals surface area contributed by atoms with E-state index in [2.05, 4.69) is 15.9 Å². The molecule has 0 aliphatic carbocycles. The Hall–Kier alpha value is -3.53. The van der Waals surface area contributed by atoms with Crippen LogP contribution in [0, 0.1) is 5.82 Å². The molecule has 0 bridgehead atoms. The van der Waals surface area contributed by atoms with Gasteiger partial charge in [-0.25, -0.2) is 18.9 Å². The Labute approximate surface area is 216 Å². The minimum absolute atomic E-state index is 0.00772. The maximum atomic E-state index is 14.3. The number of benzene rings is 3. The first-order valence-electron chi connectivity index (χ1n) is 9.78. The predicted octanol–water partition coefficient (Wildman–Crippen LogP) is 5.78. The number of carbonyl (C=O) groups excluding carboxylic acids is 4. The van der Waals surface area contributed by atoms with E-state index in [-0.39, 0.29) is 27.6 Å². The van der Waals surface area contributed by atoms with Crippen molar-refractivity contribution in [3.05, 3.63) is 97.7 Å². The van der Waals surface area contributed by atoms with Crippen LogP contribution in [-0.4, -0.2) is 23.8 Å². The maximum Gasteiger partial charge on any atom is 0.345 e. The molecule has 0 spiro atoms. The Morgan fingerprint density at radius 3 is 2.49 bits per heavy atom. The summed E-state index contributed by atoms with van der Waals surface area (Å²) in [6, 6.07) is 12.8. The third-order valence-corrected chi connectivity index (χ3v) is 5.86. The molecule has 0 aromatic heterocycles. The lowest BCUT2D eigenvalue weighted by atomic mass is 10.1. The number of nitrogens with one attached hydrogen (secondary N) is 1. The number of rotatable bonds is 4. The lowest BCUT2D eigenvalue weighted by Gasteiger charge is -2.26. The van der Waals surface area contributed by atoms with Crippen molar-refractivity contribution in [2.45, 2.75) is 0 Å². The van der Waals surface area contributed by atoms with Gasteiger partial charge < -0.3 is 4.74 Å². The number of para-hydroxylation sites is 1. The topological polar surface area (TPSA) is 92.8 Å². The first-order chi connectivity index (χ1) is 16.7. The molecule has 0 radical (unpaired) electrons. The van der Waals surface area contributed by atoms with Crippen LogP contribution in [0.2, 0.25) is 10.0 Å². The lowest BCUT2D eigenvalue weighted by Crippen LogP contribution is -2.54. The molecule has 1 saturated heterocycles. The molecule has 0 unspecified atom stereocenters. The number of ether oxygens (including phenoxy) is 1. The van der Waals surface area contributed by atoms with Gasteiger partial charge in [0, 0.05) is 15.1 Å². The summed E-state index contributed by atoms with van der Waals surface area (Å²) in [6.45, 7) is 0. The fourth-order valence-corrected chi connectivity index (χ4v) is 4.06. The molecule has 11 heteroatoms. The Bertz CT molecular complexity index is 1440. The van der Waals surface area contributed by atoms with E-state index in [4.69, 9.17) is 27.9 Å². The molecule has 35 heavy (non-hydrogen) atoms. The van der Waals surface area contributed by atoms with Crippen LogP contribution in [0.15, 0.2) is 70.7 Å². The fraction of sp³-hybridized carbons (Fsp3) is 0. The average Bonchev–Trinajstić information content (AvgIpc) is 2.79. The smallest absolute Gasteiger partial charge is 0.345 e. The first kappa shape index (κ1) is 24.6. The van der Waals surface area contributed by atoms with Crippen molar-refractivity contribution < 1.29 is 28.3 Å². The zero-order valence-electron chi connectivity index (χ0n) is 17.4. The lowest BCUT2D eigenvalue weighted by molar-refractivity contribution is -0.122. The number of barbiturate groups is 1. The molecule has 0 atom stereocenters. The second-order valence-electron chi connectivity index (χ2n) is 7.11. The Morgan fingerprint density at radius 2 is 1.77 bits per heavy atom. The average molecular weight is 578 g/mol. The summed E-state index contributed by atoms with van der Waals surface area (Å²) < 4.78 is 20.3. The van der Waals surface area contributed by atoms with Crippen molar-refractivity contribution in [1.29, 1.82) is 0 Å². The van der Waals surface area contributed by atoms with Crippen LogP contribution in [-0.2, 0) is 9.59 Å². The molecule has 4 amide bonds. The number of nitrogens with zero attached hydrogens (tertiary/aromatic N) is 1. The second-order valence-corrected chi connectivity index (χ2v) is 8.86. The molecule has 176 valence electrons. The minimum Gasteiger partial charge on any atom is -0.422 e. The van der Waals surface area contributed by atoms with E-state index in [9.17, 15) is 23.6 Å². The normalized spacial score (nSPS) is 14.8. The number of anilines is 1. The van der Waals surface area contributed by atoms with Gasteiger partial charge in [0.1, 0.15) is 17.1 Å². The third-order valence-electron chi connectivity index (χ3n) is 4.82. The van der Waals surface area contributed by atoms with E-state index in [1.807, 2.05) is 5.32 Å². The number of hydrogen-bond acceptors (Lipinski definition) is 5. The SMILES string of the molecule is O=C1NC(=O)N(c2ccccc2F)C(=O)/C1=C\c1cc(Br)ccc1OC(=O)c1ccc(Cl)cc1Cl. The molecule has 1 N–H and O–H groups in total. The Balaban J connectivity index is 1.73. The van der Waals surface area contributed by atoms with E-state index < -0.39 is 35.2 Å². The number of halogens is 4. The number of urea groups is 1. The third kappa shape index (κ3) is 5.12. The molecule has 4 rings (SSSR count). The van der Waals surface area contributed by atoms with Crippen LogP contribution < -0.4 is 15.0 Å². The predicted molar refractivity (Wildman–Crippen MR) is 131 cm³/mol. The molecule has 1 aliphatic rings. The second kappa shape index (κ2) is 9.99. The van der Waals surface area contributed by atoms with Crippen LogP contribution in [0.1, 0.15) is 15.9 Å². The van der Waals surface area contributed by atoms with E-state index in [0.717, 1.165) is 12.1 Å². The number of hydrogen-bond donors (Lipinski definition) is 1. The number of carbonyl (C=O) groups is 4. The van der Waals surface area contributed by atoms with Gasteiger partial charge in [-0.1, -0.05) is 51.3 Å². The molecule has 1 fully saturated rings. The van der Waals surface area contributed by atoms with Gasteiger partial charge in [0.2, 0.25) is 0 Å². The highest BCUT2D eigenvalue weighted by Gasteiger charge is 2.38. The van der Waals surface area contributed by atoms with Gasteiger partial charge in [-0.3, -0.25) is 14.9 Å². The van der Waals surface area contributed by atoms with Crippen molar-refractivity contribution in [3.8, 4) is 5.75 Å². The first-order valence-corrected chi connectivity index (χ1v) is 11.3. The van der Waals surface area contributed by atoms with Gasteiger partial charge in [0.15, 0.2) is 0 Å². The standard InChI is InChI=1S/C24H12BrCl2FN2O5/c25-13-5-8-20(35-23(33)15-7-6-14(26)11-17(15)27)12(9-13)10-16-21(31)29-24(34)30(22(16)32)19-4-2-1-3-18(19)28/h1-11H,(H,29,31,34)/b16-10-. The van der Waals surface area contributed by atoms with Crippen LogP contribution >= 0.6 is 39.1 Å².